The molecule has 9 heteroatoms. The number of hydrogen-bond acceptors (Lipinski definition) is 2. The van der Waals surface area contributed by atoms with Crippen molar-refractivity contribution in [1.29, 1.82) is 0 Å². The molecule has 0 saturated carbocycles. The van der Waals surface area contributed by atoms with E-state index in [9.17, 15) is 22.4 Å². The lowest BCUT2D eigenvalue weighted by Gasteiger charge is -2.08. The number of carbonyl (C=O) groups excluding carboxylic acids is 1. The van der Waals surface area contributed by atoms with Crippen LogP contribution in [-0.2, 0) is 12.7 Å². The molecule has 3 rings (SSSR count). The van der Waals surface area contributed by atoms with E-state index in [4.69, 9.17) is 0 Å². The van der Waals surface area contributed by atoms with E-state index in [1.54, 1.807) is 18.2 Å². The summed E-state index contributed by atoms with van der Waals surface area (Å²) in [5.41, 5.74) is 0.00281. The van der Waals surface area contributed by atoms with E-state index >= 15 is 0 Å². The number of urea groups is 1. The molecule has 0 aliphatic heterocycles. The molecule has 27 heavy (non-hydrogen) atoms. The highest BCUT2D eigenvalue weighted by Crippen LogP contribution is 2.30. The Morgan fingerprint density at radius 1 is 1.11 bits per heavy atom. The summed E-state index contributed by atoms with van der Waals surface area (Å²) in [6.45, 7) is -0.0136. The third-order valence-corrected chi connectivity index (χ3v) is 3.68. The highest BCUT2D eigenvalue weighted by Gasteiger charge is 2.30. The number of nitrogens with one attached hydrogen (secondary N) is 2. The molecule has 0 aliphatic rings. The molecule has 0 fully saturated rings. The molecule has 0 atom stereocenters. The molecule has 2 N–H and O–H groups in total. The maximum atomic E-state index is 13.5. The SMILES string of the molecule is O=C(NCc1ccccc1F)Nc1cnn(-c2cccc(C(F)(F)F)c2)c1. The minimum Gasteiger partial charge on any atom is -0.334 e. The quantitative estimate of drug-likeness (QED) is 0.663. The molecule has 0 aliphatic carbocycles. The Kier molecular flexibility index (Phi) is 5.11. The Hall–Kier alpha value is -3.36. The zero-order chi connectivity index (χ0) is 19.4. The predicted molar refractivity (Wildman–Crippen MR) is 90.8 cm³/mol. The summed E-state index contributed by atoms with van der Waals surface area (Å²) in [6, 6.07) is 10.1. The van der Waals surface area contributed by atoms with Crippen molar-refractivity contribution in [3.63, 3.8) is 0 Å². The average Bonchev–Trinajstić information content (AvgIpc) is 3.09. The number of carbonyl (C=O) groups is 1. The summed E-state index contributed by atoms with van der Waals surface area (Å²) >= 11 is 0. The number of anilines is 1. The Balaban J connectivity index is 1.64. The van der Waals surface area contributed by atoms with Crippen LogP contribution in [0.3, 0.4) is 0 Å². The van der Waals surface area contributed by atoms with Gasteiger partial charge in [-0.15, -0.1) is 0 Å². The van der Waals surface area contributed by atoms with Gasteiger partial charge in [0.2, 0.25) is 0 Å². The predicted octanol–water partition coefficient (Wildman–Crippen LogP) is 4.35. The Labute approximate surface area is 151 Å². The van der Waals surface area contributed by atoms with Gasteiger partial charge in [-0.1, -0.05) is 24.3 Å². The first-order valence-electron chi connectivity index (χ1n) is 7.83. The van der Waals surface area contributed by atoms with Crippen molar-refractivity contribution in [1.82, 2.24) is 15.1 Å². The van der Waals surface area contributed by atoms with E-state index in [-0.39, 0.29) is 17.9 Å². The number of rotatable bonds is 4. The summed E-state index contributed by atoms with van der Waals surface area (Å²) in [5, 5.41) is 8.92. The molecule has 140 valence electrons. The molecule has 0 saturated heterocycles. The van der Waals surface area contributed by atoms with Gasteiger partial charge in [-0.3, -0.25) is 0 Å². The van der Waals surface area contributed by atoms with Crippen LogP contribution in [0.2, 0.25) is 0 Å². The summed E-state index contributed by atoms with van der Waals surface area (Å²) in [4.78, 5) is 11.9. The van der Waals surface area contributed by atoms with Crippen LogP contribution in [0.4, 0.5) is 28.0 Å². The van der Waals surface area contributed by atoms with Crippen LogP contribution in [0.25, 0.3) is 5.69 Å². The largest absolute Gasteiger partial charge is 0.416 e. The topological polar surface area (TPSA) is 59.0 Å². The first kappa shape index (κ1) is 18.4. The van der Waals surface area contributed by atoms with E-state index in [1.165, 1.54) is 35.3 Å². The van der Waals surface area contributed by atoms with Crippen molar-refractivity contribution >= 4 is 11.7 Å². The van der Waals surface area contributed by atoms with Crippen molar-refractivity contribution < 1.29 is 22.4 Å². The van der Waals surface area contributed by atoms with Crippen molar-refractivity contribution in [2.75, 3.05) is 5.32 Å². The second-order valence-electron chi connectivity index (χ2n) is 5.62. The zero-order valence-corrected chi connectivity index (χ0v) is 13.8. The molecule has 0 bridgehead atoms. The fourth-order valence-electron chi connectivity index (χ4n) is 2.35. The van der Waals surface area contributed by atoms with Gasteiger partial charge >= 0.3 is 12.2 Å². The summed E-state index contributed by atoms with van der Waals surface area (Å²) in [7, 11) is 0. The van der Waals surface area contributed by atoms with E-state index in [0.29, 0.717) is 5.56 Å². The maximum Gasteiger partial charge on any atom is 0.416 e. The number of halogens is 4. The van der Waals surface area contributed by atoms with Crippen molar-refractivity contribution in [2.24, 2.45) is 0 Å². The standard InChI is InChI=1S/C18H14F4N4O/c19-16-7-2-1-4-12(16)9-23-17(27)25-14-10-24-26(11-14)15-6-3-5-13(8-15)18(20,21)22/h1-8,10-11H,9H2,(H2,23,25,27). The zero-order valence-electron chi connectivity index (χ0n) is 13.8. The summed E-state index contributed by atoms with van der Waals surface area (Å²) < 4.78 is 53.1. The van der Waals surface area contributed by atoms with Crippen LogP contribution in [0.5, 0.6) is 0 Å². The lowest BCUT2D eigenvalue weighted by Crippen LogP contribution is -2.28. The molecule has 0 spiro atoms. The van der Waals surface area contributed by atoms with Gasteiger partial charge in [-0.05, 0) is 24.3 Å². The van der Waals surface area contributed by atoms with Gasteiger partial charge in [0, 0.05) is 12.1 Å². The minimum absolute atomic E-state index is 0.0136. The van der Waals surface area contributed by atoms with Crippen LogP contribution in [-0.4, -0.2) is 15.8 Å². The van der Waals surface area contributed by atoms with Crippen LogP contribution >= 0.6 is 0 Å². The molecule has 1 aromatic heterocycles. The molecular weight excluding hydrogens is 364 g/mol. The average molecular weight is 378 g/mol. The van der Waals surface area contributed by atoms with Crippen LogP contribution in [0.1, 0.15) is 11.1 Å². The first-order chi connectivity index (χ1) is 12.8. The third-order valence-electron chi connectivity index (χ3n) is 3.68. The van der Waals surface area contributed by atoms with Gasteiger partial charge < -0.3 is 10.6 Å². The summed E-state index contributed by atoms with van der Waals surface area (Å²) in [5.74, 6) is -0.435. The lowest BCUT2D eigenvalue weighted by atomic mass is 10.2. The fraction of sp³-hybridized carbons (Fsp3) is 0.111. The van der Waals surface area contributed by atoms with Crippen LogP contribution < -0.4 is 10.6 Å². The summed E-state index contributed by atoms with van der Waals surface area (Å²) in [6.07, 6.45) is -1.79. The van der Waals surface area contributed by atoms with E-state index in [1.807, 2.05) is 0 Å². The molecular formula is C18H14F4N4O. The van der Waals surface area contributed by atoms with Gasteiger partial charge in [0.15, 0.2) is 0 Å². The monoisotopic (exact) mass is 378 g/mol. The number of alkyl halides is 3. The maximum absolute atomic E-state index is 13.5. The van der Waals surface area contributed by atoms with Crippen LogP contribution in [0.15, 0.2) is 60.9 Å². The minimum atomic E-state index is -4.46. The smallest absolute Gasteiger partial charge is 0.334 e. The van der Waals surface area contributed by atoms with Gasteiger partial charge in [-0.25, -0.2) is 13.9 Å². The number of hydrogen-bond donors (Lipinski definition) is 2. The molecule has 2 aromatic carbocycles. The van der Waals surface area contributed by atoms with Crippen LogP contribution in [0, 0.1) is 5.82 Å². The van der Waals surface area contributed by atoms with Crippen molar-refractivity contribution in [3.8, 4) is 5.69 Å². The Morgan fingerprint density at radius 2 is 1.89 bits per heavy atom. The van der Waals surface area contributed by atoms with Crippen molar-refractivity contribution in [3.05, 3.63) is 77.9 Å². The molecule has 0 radical (unpaired) electrons. The second-order valence-corrected chi connectivity index (χ2v) is 5.62. The Bertz CT molecular complexity index is 952. The first-order valence-corrected chi connectivity index (χ1v) is 7.83. The molecule has 5 nitrogen and oxygen atoms in total. The second kappa shape index (κ2) is 7.48. The fourth-order valence-corrected chi connectivity index (χ4v) is 2.35. The molecule has 3 aromatic rings. The normalized spacial score (nSPS) is 11.3. The van der Waals surface area contributed by atoms with E-state index in [2.05, 4.69) is 15.7 Å². The van der Waals surface area contributed by atoms with E-state index < -0.39 is 23.6 Å². The lowest BCUT2D eigenvalue weighted by molar-refractivity contribution is -0.137. The number of aromatic nitrogens is 2. The van der Waals surface area contributed by atoms with Crippen molar-refractivity contribution in [2.45, 2.75) is 12.7 Å². The Morgan fingerprint density at radius 3 is 2.63 bits per heavy atom. The number of nitrogens with zero attached hydrogens (tertiary/aromatic N) is 2. The molecule has 1 heterocycles. The number of amides is 2. The number of benzene rings is 2. The third kappa shape index (κ3) is 4.63. The van der Waals surface area contributed by atoms with Gasteiger partial charge in [-0.2, -0.15) is 18.3 Å². The molecule has 0 unspecified atom stereocenters. The highest BCUT2D eigenvalue weighted by molar-refractivity contribution is 5.88. The van der Waals surface area contributed by atoms with Gasteiger partial charge in [0.1, 0.15) is 5.82 Å². The molecule has 2 amide bonds. The van der Waals surface area contributed by atoms with Gasteiger partial charge in [0.25, 0.3) is 0 Å². The highest BCUT2D eigenvalue weighted by atomic mass is 19.4. The van der Waals surface area contributed by atoms with Gasteiger partial charge in [0.05, 0.1) is 29.3 Å². The van der Waals surface area contributed by atoms with E-state index in [0.717, 1.165) is 12.1 Å².